The van der Waals surface area contributed by atoms with Crippen molar-refractivity contribution in [2.45, 2.75) is 52.4 Å². The molecule has 4 rings (SSSR count). The fraction of sp³-hybridized carbons (Fsp3) is 0.370. The van der Waals surface area contributed by atoms with E-state index < -0.39 is 41.5 Å². The van der Waals surface area contributed by atoms with Crippen molar-refractivity contribution in [3.8, 4) is 0 Å². The number of aliphatic hydroxyl groups is 2. The van der Waals surface area contributed by atoms with Gasteiger partial charge in [-0.05, 0) is 63.4 Å². The van der Waals surface area contributed by atoms with Crippen LogP contribution in [-0.2, 0) is 19.2 Å². The van der Waals surface area contributed by atoms with Crippen molar-refractivity contribution in [3.05, 3.63) is 65.2 Å². The smallest absolute Gasteiger partial charge is 0.330 e. The molecule has 0 radical (unpaired) electrons. The van der Waals surface area contributed by atoms with Crippen LogP contribution in [0.4, 0.5) is 11.4 Å². The highest BCUT2D eigenvalue weighted by Gasteiger charge is 2.34. The highest BCUT2D eigenvalue weighted by atomic mass is 16.7. The van der Waals surface area contributed by atoms with Crippen molar-refractivity contribution in [3.63, 3.8) is 0 Å². The molecule has 9 heteroatoms. The van der Waals surface area contributed by atoms with Crippen LogP contribution in [-0.4, -0.2) is 34.0 Å². The van der Waals surface area contributed by atoms with E-state index in [1.54, 1.807) is 70.2 Å². The monoisotopic (exact) mass is 493 g/mol. The molecular formula is C27H31N3O6. The van der Waals surface area contributed by atoms with Gasteiger partial charge in [-0.1, -0.05) is 30.3 Å². The number of carbonyl (C=O) groups excluding carboxylic acids is 3. The van der Waals surface area contributed by atoms with Gasteiger partial charge in [-0.25, -0.2) is 4.79 Å². The molecule has 0 fully saturated rings. The van der Waals surface area contributed by atoms with Gasteiger partial charge in [0.25, 0.3) is 5.91 Å². The number of aliphatic hydroxyl groups excluding tert-OH is 2. The van der Waals surface area contributed by atoms with Crippen LogP contribution in [0.15, 0.2) is 48.5 Å². The van der Waals surface area contributed by atoms with E-state index in [0.717, 1.165) is 0 Å². The molecule has 4 atom stereocenters. The summed E-state index contributed by atoms with van der Waals surface area (Å²) in [5, 5.41) is 27.0. The van der Waals surface area contributed by atoms with E-state index in [9.17, 15) is 24.6 Å². The zero-order valence-electron chi connectivity index (χ0n) is 20.7. The molecule has 0 saturated carbocycles. The SMILES string of the molecule is C[C@H](NOC(=O)C(C)(C)C)C(=O)Nc1ccc2c(c1)/C(=C\C1CC(O)c3ccccc3C1O)C(=O)N2. The predicted octanol–water partition coefficient (Wildman–Crippen LogP) is 3.23. The van der Waals surface area contributed by atoms with Crippen molar-refractivity contribution in [1.82, 2.24) is 5.48 Å². The maximum atomic E-state index is 12.7. The summed E-state index contributed by atoms with van der Waals surface area (Å²) in [5.74, 6) is -1.71. The summed E-state index contributed by atoms with van der Waals surface area (Å²) in [6, 6.07) is 11.4. The van der Waals surface area contributed by atoms with Crippen LogP contribution < -0.4 is 16.1 Å². The Bertz CT molecular complexity index is 1230. The summed E-state index contributed by atoms with van der Waals surface area (Å²) in [5.41, 5.74) is 5.06. The summed E-state index contributed by atoms with van der Waals surface area (Å²) in [6.45, 7) is 6.68. The van der Waals surface area contributed by atoms with E-state index in [2.05, 4.69) is 16.1 Å². The largest absolute Gasteiger partial charge is 0.388 e. The minimum Gasteiger partial charge on any atom is -0.388 e. The molecule has 1 heterocycles. The van der Waals surface area contributed by atoms with E-state index in [0.29, 0.717) is 33.6 Å². The zero-order valence-corrected chi connectivity index (χ0v) is 20.7. The summed E-state index contributed by atoms with van der Waals surface area (Å²) < 4.78 is 0. The molecule has 190 valence electrons. The molecule has 2 amide bonds. The lowest BCUT2D eigenvalue weighted by molar-refractivity contribution is -0.163. The first-order chi connectivity index (χ1) is 17.0. The number of hydrogen-bond donors (Lipinski definition) is 5. The number of nitrogens with one attached hydrogen (secondary N) is 3. The second-order valence-corrected chi connectivity index (χ2v) is 10.3. The Hall–Kier alpha value is -3.53. The highest BCUT2D eigenvalue weighted by Crippen LogP contribution is 2.43. The van der Waals surface area contributed by atoms with E-state index in [4.69, 9.17) is 4.84 Å². The van der Waals surface area contributed by atoms with Gasteiger partial charge in [0.2, 0.25) is 5.91 Å². The quantitative estimate of drug-likeness (QED) is 0.319. The lowest BCUT2D eigenvalue weighted by atomic mass is 9.78. The second kappa shape index (κ2) is 9.85. The van der Waals surface area contributed by atoms with E-state index in [1.165, 1.54) is 0 Å². The molecule has 9 nitrogen and oxygen atoms in total. The van der Waals surface area contributed by atoms with Crippen LogP contribution in [0.1, 0.15) is 63.0 Å². The molecule has 3 unspecified atom stereocenters. The Balaban J connectivity index is 1.51. The predicted molar refractivity (Wildman–Crippen MR) is 134 cm³/mol. The lowest BCUT2D eigenvalue weighted by Gasteiger charge is -2.31. The number of rotatable bonds is 5. The Labute approximate surface area is 209 Å². The minimum absolute atomic E-state index is 0.275. The molecule has 0 saturated heterocycles. The number of carbonyl (C=O) groups is 3. The van der Waals surface area contributed by atoms with E-state index in [-0.39, 0.29) is 12.3 Å². The van der Waals surface area contributed by atoms with Crippen LogP contribution in [0.2, 0.25) is 0 Å². The molecule has 0 aromatic heterocycles. The Morgan fingerprint density at radius 3 is 2.53 bits per heavy atom. The molecule has 5 N–H and O–H groups in total. The van der Waals surface area contributed by atoms with Crippen molar-refractivity contribution < 1.29 is 29.4 Å². The number of amides is 2. The molecule has 36 heavy (non-hydrogen) atoms. The van der Waals surface area contributed by atoms with Crippen molar-refractivity contribution in [2.75, 3.05) is 10.6 Å². The Kier molecular flexibility index (Phi) is 6.99. The molecular weight excluding hydrogens is 462 g/mol. The van der Waals surface area contributed by atoms with Crippen molar-refractivity contribution >= 4 is 34.7 Å². The van der Waals surface area contributed by atoms with Gasteiger partial charge in [-0.3, -0.25) is 9.59 Å². The highest BCUT2D eigenvalue weighted by molar-refractivity contribution is 6.31. The third kappa shape index (κ3) is 5.18. The Morgan fingerprint density at radius 1 is 1.14 bits per heavy atom. The second-order valence-electron chi connectivity index (χ2n) is 10.3. The van der Waals surface area contributed by atoms with Gasteiger partial charge in [-0.2, -0.15) is 0 Å². The molecule has 0 bridgehead atoms. The number of benzene rings is 2. The maximum absolute atomic E-state index is 12.7. The number of fused-ring (bicyclic) bond motifs is 2. The average molecular weight is 494 g/mol. The van der Waals surface area contributed by atoms with Crippen LogP contribution in [0.3, 0.4) is 0 Å². The Morgan fingerprint density at radius 2 is 1.83 bits per heavy atom. The maximum Gasteiger partial charge on any atom is 0.330 e. The third-order valence-electron chi connectivity index (χ3n) is 6.36. The van der Waals surface area contributed by atoms with Crippen LogP contribution >= 0.6 is 0 Å². The standard InChI is InChI=1S/C27H31N3O6/c1-14(30-36-26(35)27(2,3)4)24(33)28-16-9-10-21-19(13-16)20(25(34)29-21)11-15-12-22(31)17-7-5-6-8-18(17)23(15)32/h5-11,13-15,22-23,30-32H,12H2,1-4H3,(H,28,33)(H,29,34)/b20-11+/t14-,15?,22?,23?/m0/s1. The summed E-state index contributed by atoms with van der Waals surface area (Å²) in [4.78, 5) is 42.3. The van der Waals surface area contributed by atoms with Gasteiger partial charge in [0, 0.05) is 28.4 Å². The number of hydroxylamine groups is 1. The van der Waals surface area contributed by atoms with Crippen molar-refractivity contribution in [1.29, 1.82) is 0 Å². The molecule has 1 aliphatic carbocycles. The number of anilines is 2. The molecule has 2 aliphatic rings. The minimum atomic E-state index is -0.862. The summed E-state index contributed by atoms with van der Waals surface area (Å²) in [7, 11) is 0. The molecule has 2 aromatic carbocycles. The van der Waals surface area contributed by atoms with Gasteiger partial charge < -0.3 is 25.7 Å². The first-order valence-electron chi connectivity index (χ1n) is 11.9. The normalized spacial score (nSPS) is 22.9. The number of hydrogen-bond acceptors (Lipinski definition) is 7. The first kappa shape index (κ1) is 25.6. The van der Waals surface area contributed by atoms with E-state index >= 15 is 0 Å². The van der Waals surface area contributed by atoms with Gasteiger partial charge in [0.1, 0.15) is 6.04 Å². The van der Waals surface area contributed by atoms with Gasteiger partial charge in [0.05, 0.1) is 17.6 Å². The zero-order chi connectivity index (χ0) is 26.2. The average Bonchev–Trinajstić information content (AvgIpc) is 3.14. The van der Waals surface area contributed by atoms with Gasteiger partial charge in [-0.15, -0.1) is 5.48 Å². The van der Waals surface area contributed by atoms with Crippen LogP contribution in [0.25, 0.3) is 5.57 Å². The van der Waals surface area contributed by atoms with E-state index in [1.807, 2.05) is 6.07 Å². The topological polar surface area (TPSA) is 137 Å². The molecule has 1 aliphatic heterocycles. The van der Waals surface area contributed by atoms with Crippen molar-refractivity contribution in [2.24, 2.45) is 11.3 Å². The molecule has 2 aromatic rings. The van der Waals surface area contributed by atoms with Gasteiger partial charge in [0.15, 0.2) is 0 Å². The molecule has 0 spiro atoms. The summed E-state index contributed by atoms with van der Waals surface area (Å²) >= 11 is 0. The van der Waals surface area contributed by atoms with Crippen LogP contribution in [0.5, 0.6) is 0 Å². The third-order valence-corrected chi connectivity index (χ3v) is 6.36. The van der Waals surface area contributed by atoms with Crippen LogP contribution in [0, 0.1) is 11.3 Å². The lowest BCUT2D eigenvalue weighted by Crippen LogP contribution is -2.41. The fourth-order valence-corrected chi connectivity index (χ4v) is 4.23. The fourth-order valence-electron chi connectivity index (χ4n) is 4.23. The summed E-state index contributed by atoms with van der Waals surface area (Å²) in [6.07, 6.45) is 0.353. The van der Waals surface area contributed by atoms with Gasteiger partial charge >= 0.3 is 5.97 Å². The first-order valence-corrected chi connectivity index (χ1v) is 11.9.